The molecule has 0 amide bonds. The fourth-order valence-electron chi connectivity index (χ4n) is 3.56. The lowest BCUT2D eigenvalue weighted by molar-refractivity contribution is -0.140. The molecule has 0 saturated heterocycles. The predicted molar refractivity (Wildman–Crippen MR) is 83.4 cm³/mol. The Kier molecular flexibility index (Phi) is 3.72. The van der Waals surface area contributed by atoms with Gasteiger partial charge in [0.2, 0.25) is 0 Å². The number of nitrogens with one attached hydrogen (secondary N) is 2. The van der Waals surface area contributed by atoms with Gasteiger partial charge in [0.1, 0.15) is 6.04 Å². The van der Waals surface area contributed by atoms with Crippen LogP contribution in [0.5, 0.6) is 0 Å². The van der Waals surface area contributed by atoms with Crippen molar-refractivity contribution in [3.63, 3.8) is 0 Å². The van der Waals surface area contributed by atoms with Gasteiger partial charge < -0.3 is 10.1 Å². The van der Waals surface area contributed by atoms with Crippen LogP contribution in [0.2, 0.25) is 0 Å². The second-order valence-electron chi connectivity index (χ2n) is 5.88. The number of carbonyl (C=O) groups is 1. The minimum absolute atomic E-state index is 0.0947. The summed E-state index contributed by atoms with van der Waals surface area (Å²) in [5.41, 5.74) is 3.46. The molecule has 0 radical (unpaired) electrons. The summed E-state index contributed by atoms with van der Waals surface area (Å²) in [6.45, 7) is 4.34. The number of aromatic nitrogens is 1. The topological polar surface area (TPSA) is 65.1 Å². The van der Waals surface area contributed by atoms with Gasteiger partial charge in [-0.1, -0.05) is 44.9 Å². The first kappa shape index (κ1) is 14.1. The van der Waals surface area contributed by atoms with E-state index in [-0.39, 0.29) is 6.04 Å². The van der Waals surface area contributed by atoms with Crippen LogP contribution in [0.25, 0.3) is 10.9 Å². The zero-order valence-electron chi connectivity index (χ0n) is 12.5. The summed E-state index contributed by atoms with van der Waals surface area (Å²) in [5, 5.41) is 14.0. The normalized spacial score (nSPS) is 21.7. The summed E-state index contributed by atoms with van der Waals surface area (Å²) < 4.78 is 0. The van der Waals surface area contributed by atoms with Gasteiger partial charge in [-0.15, -0.1) is 0 Å². The molecule has 0 bridgehead atoms. The van der Waals surface area contributed by atoms with Gasteiger partial charge in [-0.05, 0) is 17.5 Å². The van der Waals surface area contributed by atoms with Crippen molar-refractivity contribution < 1.29 is 9.90 Å². The van der Waals surface area contributed by atoms with Crippen molar-refractivity contribution in [1.82, 2.24) is 10.3 Å². The van der Waals surface area contributed by atoms with Crippen LogP contribution in [0.15, 0.2) is 24.3 Å². The van der Waals surface area contributed by atoms with Gasteiger partial charge in [0.05, 0.1) is 6.04 Å². The Labute approximate surface area is 124 Å². The molecule has 2 heterocycles. The van der Waals surface area contributed by atoms with Crippen molar-refractivity contribution in [1.29, 1.82) is 0 Å². The maximum Gasteiger partial charge on any atom is 0.321 e. The summed E-state index contributed by atoms with van der Waals surface area (Å²) in [4.78, 5) is 15.0. The molecule has 3 N–H and O–H groups in total. The Morgan fingerprint density at radius 2 is 2.05 bits per heavy atom. The fraction of sp³-hybridized carbons (Fsp3) is 0.471. The highest BCUT2D eigenvalue weighted by molar-refractivity contribution is 5.86. The van der Waals surface area contributed by atoms with Crippen LogP contribution in [0.4, 0.5) is 0 Å². The largest absolute Gasteiger partial charge is 0.480 e. The highest BCUT2D eigenvalue weighted by atomic mass is 16.4. The summed E-state index contributed by atoms with van der Waals surface area (Å²) in [6, 6.07) is 7.77. The van der Waals surface area contributed by atoms with Crippen LogP contribution in [0.1, 0.15) is 44.0 Å². The molecular weight excluding hydrogens is 264 g/mol. The molecule has 1 aromatic heterocycles. The van der Waals surface area contributed by atoms with Crippen molar-refractivity contribution in [3.8, 4) is 0 Å². The summed E-state index contributed by atoms with van der Waals surface area (Å²) in [7, 11) is 0. The molecule has 2 atom stereocenters. The van der Waals surface area contributed by atoms with E-state index in [0.29, 0.717) is 12.3 Å². The molecule has 1 aliphatic heterocycles. The van der Waals surface area contributed by atoms with Gasteiger partial charge >= 0.3 is 5.97 Å². The van der Waals surface area contributed by atoms with Crippen molar-refractivity contribution in [2.24, 2.45) is 5.92 Å². The number of hydrogen-bond acceptors (Lipinski definition) is 2. The van der Waals surface area contributed by atoms with Gasteiger partial charge in [0.15, 0.2) is 0 Å². The third-order valence-electron chi connectivity index (χ3n) is 4.76. The molecule has 4 heteroatoms. The lowest BCUT2D eigenvalue weighted by Gasteiger charge is -2.34. The molecule has 1 aromatic carbocycles. The SMILES string of the molecule is CCC(CC)[C@@H]1N[C@@H](C(=O)O)Cc2c1[nH]c1ccccc21. The maximum absolute atomic E-state index is 11.5. The average Bonchev–Trinajstić information content (AvgIpc) is 2.87. The third-order valence-corrected chi connectivity index (χ3v) is 4.76. The number of fused-ring (bicyclic) bond motifs is 3. The zero-order valence-corrected chi connectivity index (χ0v) is 12.5. The van der Waals surface area contributed by atoms with E-state index in [4.69, 9.17) is 0 Å². The van der Waals surface area contributed by atoms with E-state index in [9.17, 15) is 9.90 Å². The Bertz CT molecular complexity index is 658. The number of carboxylic acid groups (broad SMARTS) is 1. The number of rotatable bonds is 4. The van der Waals surface area contributed by atoms with E-state index in [0.717, 1.165) is 23.7 Å². The van der Waals surface area contributed by atoms with Crippen molar-refractivity contribution in [2.45, 2.75) is 45.2 Å². The van der Waals surface area contributed by atoms with Gasteiger partial charge in [-0.2, -0.15) is 0 Å². The van der Waals surface area contributed by atoms with E-state index in [1.165, 1.54) is 11.3 Å². The average molecular weight is 286 g/mol. The lowest BCUT2D eigenvalue weighted by Crippen LogP contribution is -2.46. The molecule has 0 unspecified atom stereocenters. The predicted octanol–water partition coefficient (Wildman–Crippen LogP) is 3.24. The monoisotopic (exact) mass is 286 g/mol. The summed E-state index contributed by atoms with van der Waals surface area (Å²) in [6.07, 6.45) is 2.62. The number of H-pyrrole nitrogens is 1. The second-order valence-corrected chi connectivity index (χ2v) is 5.88. The molecule has 112 valence electrons. The highest BCUT2D eigenvalue weighted by Gasteiger charge is 2.35. The minimum atomic E-state index is -0.762. The van der Waals surface area contributed by atoms with E-state index >= 15 is 0 Å². The highest BCUT2D eigenvalue weighted by Crippen LogP contribution is 2.37. The first-order valence-electron chi connectivity index (χ1n) is 7.74. The number of aliphatic carboxylic acids is 1. The maximum atomic E-state index is 11.5. The van der Waals surface area contributed by atoms with Crippen LogP contribution in [0.3, 0.4) is 0 Å². The third kappa shape index (κ3) is 2.33. The zero-order chi connectivity index (χ0) is 15.0. The van der Waals surface area contributed by atoms with E-state index < -0.39 is 12.0 Å². The van der Waals surface area contributed by atoms with Crippen LogP contribution in [-0.2, 0) is 11.2 Å². The fourth-order valence-corrected chi connectivity index (χ4v) is 3.56. The Hall–Kier alpha value is -1.81. The molecule has 0 saturated carbocycles. The van der Waals surface area contributed by atoms with Crippen molar-refractivity contribution >= 4 is 16.9 Å². The number of para-hydroxylation sites is 1. The van der Waals surface area contributed by atoms with Crippen molar-refractivity contribution in [2.75, 3.05) is 0 Å². The number of benzene rings is 1. The van der Waals surface area contributed by atoms with Crippen LogP contribution in [0, 0.1) is 5.92 Å². The van der Waals surface area contributed by atoms with E-state index in [2.05, 4.69) is 36.3 Å². The van der Waals surface area contributed by atoms with Gasteiger partial charge in [-0.25, -0.2) is 0 Å². The van der Waals surface area contributed by atoms with E-state index in [1.807, 2.05) is 12.1 Å². The van der Waals surface area contributed by atoms with Crippen LogP contribution in [-0.4, -0.2) is 22.1 Å². The summed E-state index contributed by atoms with van der Waals surface area (Å²) >= 11 is 0. The van der Waals surface area contributed by atoms with Crippen LogP contribution < -0.4 is 5.32 Å². The van der Waals surface area contributed by atoms with Crippen LogP contribution >= 0.6 is 0 Å². The molecule has 0 fully saturated rings. The summed E-state index contributed by atoms with van der Waals surface area (Å²) in [5.74, 6) is -0.319. The minimum Gasteiger partial charge on any atom is -0.480 e. The van der Waals surface area contributed by atoms with Crippen molar-refractivity contribution in [3.05, 3.63) is 35.5 Å². The molecule has 2 aromatic rings. The number of aromatic amines is 1. The molecule has 1 aliphatic rings. The molecule has 0 aliphatic carbocycles. The smallest absolute Gasteiger partial charge is 0.321 e. The Morgan fingerprint density at radius 3 is 2.71 bits per heavy atom. The molecule has 3 rings (SSSR count). The Morgan fingerprint density at radius 1 is 1.33 bits per heavy atom. The van der Waals surface area contributed by atoms with Gasteiger partial charge in [0, 0.05) is 23.0 Å². The molecule has 4 nitrogen and oxygen atoms in total. The number of hydrogen-bond donors (Lipinski definition) is 3. The lowest BCUT2D eigenvalue weighted by atomic mass is 9.84. The quantitative estimate of drug-likeness (QED) is 0.808. The van der Waals surface area contributed by atoms with Gasteiger partial charge in [0.25, 0.3) is 0 Å². The standard InChI is InChI=1S/C17H22N2O2/c1-3-10(4-2)15-16-12(9-14(19-15)17(20)21)11-7-5-6-8-13(11)18-16/h5-8,10,14-15,18-19H,3-4,9H2,1-2H3,(H,20,21)/t14-,15+/m1/s1. The molecule has 21 heavy (non-hydrogen) atoms. The van der Waals surface area contributed by atoms with Gasteiger partial charge in [-0.3, -0.25) is 10.1 Å². The van der Waals surface area contributed by atoms with E-state index in [1.54, 1.807) is 0 Å². The molecular formula is C17H22N2O2. The second kappa shape index (κ2) is 5.53. The number of carboxylic acids is 1. The Balaban J connectivity index is 2.13. The molecule has 0 spiro atoms. The first-order chi connectivity index (χ1) is 10.2. The first-order valence-corrected chi connectivity index (χ1v) is 7.74.